The highest BCUT2D eigenvalue weighted by atomic mass is 79.9. The molecule has 0 aromatic heterocycles. The first-order valence-corrected chi connectivity index (χ1v) is 11.7. The Morgan fingerprint density at radius 1 is 0.862 bits per heavy atom. The second kappa shape index (κ2) is 7.11. The van der Waals surface area contributed by atoms with Gasteiger partial charge in [-0.2, -0.15) is 0 Å². The normalized spacial score (nSPS) is 19.2. The Kier molecular flexibility index (Phi) is 4.68. The van der Waals surface area contributed by atoms with E-state index in [1.54, 1.807) is 0 Å². The van der Waals surface area contributed by atoms with Crippen molar-refractivity contribution in [2.24, 2.45) is 0 Å². The van der Waals surface area contributed by atoms with E-state index >= 15 is 0 Å². The third-order valence-electron chi connectivity index (χ3n) is 6.23. The predicted octanol–water partition coefficient (Wildman–Crippen LogP) is 7.89. The van der Waals surface area contributed by atoms with Gasteiger partial charge in [-0.25, -0.2) is 0 Å². The summed E-state index contributed by atoms with van der Waals surface area (Å²) in [6.07, 6.45) is 5.60. The van der Waals surface area contributed by atoms with E-state index < -0.39 is 0 Å². The fourth-order valence-corrected chi connectivity index (χ4v) is 5.93. The zero-order valence-electron chi connectivity index (χ0n) is 16.5. The molecule has 1 unspecified atom stereocenters. The summed E-state index contributed by atoms with van der Waals surface area (Å²) >= 11 is 7.64. The minimum Gasteiger partial charge on any atom is -0.0842 e. The van der Waals surface area contributed by atoms with Crippen molar-refractivity contribution >= 4 is 37.4 Å². The Bertz CT molecular complexity index is 1140. The number of fused-ring (bicyclic) bond motifs is 2. The first-order valence-electron chi connectivity index (χ1n) is 10.0. The second-order valence-electron chi connectivity index (χ2n) is 8.15. The van der Waals surface area contributed by atoms with Crippen molar-refractivity contribution in [3.05, 3.63) is 122 Å². The summed E-state index contributed by atoms with van der Waals surface area (Å²) < 4.78 is 1.13. The van der Waals surface area contributed by atoms with Gasteiger partial charge >= 0.3 is 0 Å². The van der Waals surface area contributed by atoms with Crippen LogP contribution in [0.3, 0.4) is 0 Å². The van der Waals surface area contributed by atoms with Gasteiger partial charge in [0.05, 0.1) is 5.41 Å². The van der Waals surface area contributed by atoms with E-state index in [4.69, 9.17) is 0 Å². The molecule has 0 aliphatic heterocycles. The number of aryl methyl sites for hydroxylation is 2. The van der Waals surface area contributed by atoms with Gasteiger partial charge < -0.3 is 0 Å². The van der Waals surface area contributed by atoms with Crippen LogP contribution in [0.4, 0.5) is 0 Å². The lowest BCUT2D eigenvalue weighted by atomic mass is 9.65. The maximum Gasteiger partial charge on any atom is 0.0677 e. The van der Waals surface area contributed by atoms with Crippen LogP contribution in [0.15, 0.2) is 88.9 Å². The number of halogens is 2. The molecule has 0 bridgehead atoms. The Morgan fingerprint density at radius 2 is 1.52 bits per heavy atom. The van der Waals surface area contributed by atoms with Gasteiger partial charge in [-0.3, -0.25) is 0 Å². The molecule has 2 aliphatic rings. The third-order valence-corrected chi connectivity index (χ3v) is 7.35. The molecule has 1 atom stereocenters. The van der Waals surface area contributed by atoms with Crippen LogP contribution in [-0.2, 0) is 5.41 Å². The molecular formula is C27H22Br2. The summed E-state index contributed by atoms with van der Waals surface area (Å²) in [7, 11) is 0. The molecule has 0 saturated carbocycles. The van der Waals surface area contributed by atoms with E-state index in [-0.39, 0.29) is 5.41 Å². The molecule has 0 spiro atoms. The average Bonchev–Trinajstić information content (AvgIpc) is 2.97. The molecule has 144 valence electrons. The maximum absolute atomic E-state index is 3.88. The average molecular weight is 506 g/mol. The summed E-state index contributed by atoms with van der Waals surface area (Å²) in [6, 6.07) is 24.9. The summed E-state index contributed by atoms with van der Waals surface area (Å²) in [5, 5.41) is 0. The van der Waals surface area contributed by atoms with Gasteiger partial charge in [0, 0.05) is 9.30 Å². The molecule has 5 rings (SSSR count). The van der Waals surface area contributed by atoms with Crippen LogP contribution in [0.2, 0.25) is 0 Å². The van der Waals surface area contributed by atoms with Gasteiger partial charge in [0.25, 0.3) is 0 Å². The molecule has 0 fully saturated rings. The number of alkyl halides is 1. The lowest BCUT2D eigenvalue weighted by molar-refractivity contribution is 0.700. The van der Waals surface area contributed by atoms with E-state index in [2.05, 4.69) is 125 Å². The van der Waals surface area contributed by atoms with Crippen molar-refractivity contribution in [3.8, 4) is 0 Å². The fraction of sp³-hybridized carbons (Fsp3) is 0.185. The quantitative estimate of drug-likeness (QED) is 0.310. The van der Waals surface area contributed by atoms with Gasteiger partial charge in [0.1, 0.15) is 0 Å². The number of hydrogen-bond donors (Lipinski definition) is 0. The zero-order valence-corrected chi connectivity index (χ0v) is 19.7. The van der Waals surface area contributed by atoms with E-state index in [0.717, 1.165) is 10.9 Å². The SMILES string of the molecule is Cc1cccc(C2(c3cccc(C)c3)C3=C(C=CC(Br)C3)c3ccc(Br)cc32)c1. The Hall–Kier alpha value is -1.90. The summed E-state index contributed by atoms with van der Waals surface area (Å²) in [6.45, 7) is 4.38. The zero-order chi connectivity index (χ0) is 20.2. The second-order valence-corrected chi connectivity index (χ2v) is 10.2. The Morgan fingerprint density at radius 3 is 2.14 bits per heavy atom. The molecule has 0 saturated heterocycles. The Balaban J connectivity index is 1.95. The van der Waals surface area contributed by atoms with Gasteiger partial charge in [0.2, 0.25) is 0 Å². The van der Waals surface area contributed by atoms with Crippen LogP contribution in [0.1, 0.15) is 39.8 Å². The van der Waals surface area contributed by atoms with Crippen LogP contribution in [0, 0.1) is 13.8 Å². The van der Waals surface area contributed by atoms with Gasteiger partial charge in [0.15, 0.2) is 0 Å². The highest BCUT2D eigenvalue weighted by Crippen LogP contribution is 2.58. The molecular weight excluding hydrogens is 484 g/mol. The molecule has 3 aromatic rings. The van der Waals surface area contributed by atoms with Crippen molar-refractivity contribution in [1.29, 1.82) is 0 Å². The van der Waals surface area contributed by atoms with E-state index in [0.29, 0.717) is 4.83 Å². The van der Waals surface area contributed by atoms with Crippen LogP contribution < -0.4 is 0 Å². The molecule has 0 radical (unpaired) electrons. The van der Waals surface area contributed by atoms with E-state index in [1.807, 2.05) is 0 Å². The minimum atomic E-state index is -0.275. The summed E-state index contributed by atoms with van der Waals surface area (Å²) in [4.78, 5) is 0.355. The molecule has 2 heteroatoms. The lowest BCUT2D eigenvalue weighted by Gasteiger charge is -2.37. The molecule has 0 N–H and O–H groups in total. The number of hydrogen-bond acceptors (Lipinski definition) is 0. The number of rotatable bonds is 2. The first kappa shape index (κ1) is 19.1. The van der Waals surface area contributed by atoms with Gasteiger partial charge in [-0.15, -0.1) is 0 Å². The van der Waals surface area contributed by atoms with E-state index in [9.17, 15) is 0 Å². The van der Waals surface area contributed by atoms with E-state index in [1.165, 1.54) is 44.5 Å². The molecule has 0 nitrogen and oxygen atoms in total. The van der Waals surface area contributed by atoms with Crippen LogP contribution >= 0.6 is 31.9 Å². The maximum atomic E-state index is 3.88. The number of allylic oxidation sites excluding steroid dienone is 4. The van der Waals surface area contributed by atoms with Crippen molar-refractivity contribution in [3.63, 3.8) is 0 Å². The fourth-order valence-electron chi connectivity index (χ4n) is 5.09. The van der Waals surface area contributed by atoms with Crippen molar-refractivity contribution in [2.45, 2.75) is 30.5 Å². The molecule has 3 aromatic carbocycles. The van der Waals surface area contributed by atoms with Crippen LogP contribution in [0.5, 0.6) is 0 Å². The van der Waals surface area contributed by atoms with Gasteiger partial charge in [-0.05, 0) is 65.8 Å². The smallest absolute Gasteiger partial charge is 0.0677 e. The Labute approximate surface area is 189 Å². The largest absolute Gasteiger partial charge is 0.0842 e. The predicted molar refractivity (Wildman–Crippen MR) is 130 cm³/mol. The van der Waals surface area contributed by atoms with Gasteiger partial charge in [-0.1, -0.05) is 110 Å². The van der Waals surface area contributed by atoms with Crippen molar-refractivity contribution in [1.82, 2.24) is 0 Å². The molecule has 0 heterocycles. The van der Waals surface area contributed by atoms with Crippen molar-refractivity contribution < 1.29 is 0 Å². The monoisotopic (exact) mass is 504 g/mol. The summed E-state index contributed by atoms with van der Waals surface area (Å²) in [5.74, 6) is 0. The highest BCUT2D eigenvalue weighted by molar-refractivity contribution is 9.10. The van der Waals surface area contributed by atoms with Crippen LogP contribution in [-0.4, -0.2) is 4.83 Å². The lowest BCUT2D eigenvalue weighted by Crippen LogP contribution is -2.31. The topological polar surface area (TPSA) is 0 Å². The van der Waals surface area contributed by atoms with Crippen molar-refractivity contribution in [2.75, 3.05) is 0 Å². The highest BCUT2D eigenvalue weighted by Gasteiger charge is 2.48. The summed E-state index contributed by atoms with van der Waals surface area (Å²) in [5.41, 5.74) is 10.6. The molecule has 29 heavy (non-hydrogen) atoms. The molecule has 2 aliphatic carbocycles. The van der Waals surface area contributed by atoms with Crippen LogP contribution in [0.25, 0.3) is 5.57 Å². The minimum absolute atomic E-state index is 0.275. The third kappa shape index (κ3) is 2.92. The number of benzene rings is 3. The first-order chi connectivity index (χ1) is 14.0. The molecule has 0 amide bonds. The standard InChI is InChI=1S/C27H22Br2/c1-17-5-3-7-19(13-17)27(20-8-4-6-18(2)14-20)25-15-21(28)9-11-23(25)24-12-10-22(29)16-26(24)27/h3-15,22H,16H2,1-2H3.